The molecule has 2 aromatic rings. The minimum atomic E-state index is -0.250. The number of hydrogen-bond donors (Lipinski definition) is 1. The Morgan fingerprint density at radius 3 is 2.50 bits per heavy atom. The van der Waals surface area contributed by atoms with E-state index < -0.39 is 0 Å². The Balaban J connectivity index is 2.89. The van der Waals surface area contributed by atoms with Crippen molar-refractivity contribution in [2.75, 3.05) is 11.9 Å². The van der Waals surface area contributed by atoms with Crippen LogP contribution in [0.4, 0.5) is 10.1 Å². The standard InChI is InChI=1S/C16H20BrFN2/c1-6-19-11-8-12(16(3,4)5)20-15-9(2)7-10(18)14(17)13(11)15/h7-8H,6H2,1-5H3,(H,19,20). The Morgan fingerprint density at radius 2 is 1.95 bits per heavy atom. The van der Waals surface area contributed by atoms with Crippen LogP contribution < -0.4 is 5.32 Å². The number of rotatable bonds is 2. The van der Waals surface area contributed by atoms with Crippen molar-refractivity contribution in [3.05, 3.63) is 33.7 Å². The van der Waals surface area contributed by atoms with Crippen LogP contribution in [0.25, 0.3) is 10.9 Å². The lowest BCUT2D eigenvalue weighted by molar-refractivity contribution is 0.571. The van der Waals surface area contributed by atoms with Gasteiger partial charge in [-0.2, -0.15) is 0 Å². The topological polar surface area (TPSA) is 24.9 Å². The van der Waals surface area contributed by atoms with E-state index in [-0.39, 0.29) is 11.2 Å². The highest BCUT2D eigenvalue weighted by molar-refractivity contribution is 9.10. The van der Waals surface area contributed by atoms with Crippen molar-refractivity contribution >= 4 is 32.5 Å². The summed E-state index contributed by atoms with van der Waals surface area (Å²) < 4.78 is 14.4. The SMILES string of the molecule is CCNc1cc(C(C)(C)C)nc2c(C)cc(F)c(Br)c12. The minimum Gasteiger partial charge on any atom is -0.385 e. The molecule has 0 fully saturated rings. The minimum absolute atomic E-state index is 0.0499. The van der Waals surface area contributed by atoms with E-state index in [0.29, 0.717) is 4.47 Å². The second-order valence-electron chi connectivity index (χ2n) is 6.05. The molecule has 1 aromatic carbocycles. The van der Waals surface area contributed by atoms with Crippen molar-refractivity contribution in [3.63, 3.8) is 0 Å². The number of anilines is 1. The summed E-state index contributed by atoms with van der Waals surface area (Å²) in [7, 11) is 0. The van der Waals surface area contributed by atoms with E-state index in [0.717, 1.165) is 34.4 Å². The number of nitrogens with zero attached hydrogens (tertiary/aromatic N) is 1. The Bertz CT molecular complexity index is 660. The number of fused-ring (bicyclic) bond motifs is 1. The Hall–Kier alpha value is -1.16. The summed E-state index contributed by atoms with van der Waals surface area (Å²) in [5.74, 6) is -0.250. The third-order valence-electron chi connectivity index (χ3n) is 3.30. The molecule has 0 spiro atoms. The third-order valence-corrected chi connectivity index (χ3v) is 4.08. The maximum absolute atomic E-state index is 14.0. The molecule has 0 saturated heterocycles. The van der Waals surface area contributed by atoms with Gasteiger partial charge in [0.15, 0.2) is 0 Å². The van der Waals surface area contributed by atoms with Crippen LogP contribution in [0, 0.1) is 12.7 Å². The van der Waals surface area contributed by atoms with Gasteiger partial charge in [0.2, 0.25) is 0 Å². The van der Waals surface area contributed by atoms with Gasteiger partial charge in [-0.25, -0.2) is 4.39 Å². The number of nitrogens with one attached hydrogen (secondary N) is 1. The molecule has 2 rings (SSSR count). The van der Waals surface area contributed by atoms with Crippen LogP contribution in [-0.2, 0) is 5.41 Å². The first-order valence-corrected chi connectivity index (χ1v) is 7.58. The highest BCUT2D eigenvalue weighted by atomic mass is 79.9. The summed E-state index contributed by atoms with van der Waals surface area (Å²) in [6, 6.07) is 3.55. The molecule has 108 valence electrons. The first-order chi connectivity index (χ1) is 9.25. The van der Waals surface area contributed by atoms with Gasteiger partial charge in [-0.15, -0.1) is 0 Å². The number of halogens is 2. The van der Waals surface area contributed by atoms with E-state index in [1.165, 1.54) is 6.07 Å². The lowest BCUT2D eigenvalue weighted by Gasteiger charge is -2.21. The summed E-state index contributed by atoms with van der Waals surface area (Å²) in [5.41, 5.74) is 3.58. The normalized spacial score (nSPS) is 11.9. The van der Waals surface area contributed by atoms with E-state index in [1.54, 1.807) is 0 Å². The zero-order valence-corrected chi connectivity index (χ0v) is 14.2. The lowest BCUT2D eigenvalue weighted by Crippen LogP contribution is -2.15. The third kappa shape index (κ3) is 2.66. The van der Waals surface area contributed by atoms with E-state index in [2.05, 4.69) is 42.0 Å². The van der Waals surface area contributed by atoms with Gasteiger partial charge in [0.25, 0.3) is 0 Å². The van der Waals surface area contributed by atoms with Gasteiger partial charge < -0.3 is 5.32 Å². The van der Waals surface area contributed by atoms with Gasteiger partial charge in [0.05, 0.1) is 9.99 Å². The molecular formula is C16H20BrFN2. The second-order valence-corrected chi connectivity index (χ2v) is 6.84. The molecule has 2 nitrogen and oxygen atoms in total. The molecule has 0 aliphatic rings. The molecular weight excluding hydrogens is 319 g/mol. The fraction of sp³-hybridized carbons (Fsp3) is 0.438. The Labute approximate surface area is 127 Å². The van der Waals surface area contributed by atoms with Crippen molar-refractivity contribution < 1.29 is 4.39 Å². The van der Waals surface area contributed by atoms with E-state index in [1.807, 2.05) is 19.9 Å². The smallest absolute Gasteiger partial charge is 0.138 e. The zero-order valence-electron chi connectivity index (χ0n) is 12.6. The highest BCUT2D eigenvalue weighted by Gasteiger charge is 2.20. The highest BCUT2D eigenvalue weighted by Crippen LogP contribution is 2.36. The molecule has 4 heteroatoms. The summed E-state index contributed by atoms with van der Waals surface area (Å²) >= 11 is 3.36. The van der Waals surface area contributed by atoms with Crippen LogP contribution in [0.3, 0.4) is 0 Å². The molecule has 0 saturated carbocycles. The number of benzene rings is 1. The van der Waals surface area contributed by atoms with Gasteiger partial charge in [-0.3, -0.25) is 4.98 Å². The summed E-state index contributed by atoms with van der Waals surface area (Å²) in [4.78, 5) is 4.75. The number of aryl methyl sites for hydroxylation is 1. The summed E-state index contributed by atoms with van der Waals surface area (Å²) in [5, 5.41) is 4.14. The van der Waals surface area contributed by atoms with Crippen LogP contribution in [0.5, 0.6) is 0 Å². The fourth-order valence-electron chi connectivity index (χ4n) is 2.21. The summed E-state index contributed by atoms with van der Waals surface area (Å²) in [6.45, 7) is 11.1. The summed E-state index contributed by atoms with van der Waals surface area (Å²) in [6.07, 6.45) is 0. The molecule has 0 amide bonds. The van der Waals surface area contributed by atoms with Crippen LogP contribution in [-0.4, -0.2) is 11.5 Å². The average Bonchev–Trinajstić information content (AvgIpc) is 2.34. The van der Waals surface area contributed by atoms with Crippen molar-refractivity contribution in [2.24, 2.45) is 0 Å². The first-order valence-electron chi connectivity index (χ1n) is 6.79. The van der Waals surface area contributed by atoms with E-state index in [4.69, 9.17) is 4.98 Å². The van der Waals surface area contributed by atoms with Gasteiger partial charge >= 0.3 is 0 Å². The molecule has 0 aliphatic carbocycles. The van der Waals surface area contributed by atoms with Crippen molar-refractivity contribution in [2.45, 2.75) is 40.0 Å². The molecule has 1 heterocycles. The average molecular weight is 339 g/mol. The van der Waals surface area contributed by atoms with E-state index in [9.17, 15) is 4.39 Å². The van der Waals surface area contributed by atoms with Crippen LogP contribution >= 0.6 is 15.9 Å². The van der Waals surface area contributed by atoms with Gasteiger partial charge in [-0.05, 0) is 47.5 Å². The van der Waals surface area contributed by atoms with Crippen molar-refractivity contribution in [1.82, 2.24) is 4.98 Å². The van der Waals surface area contributed by atoms with E-state index >= 15 is 0 Å². The van der Waals surface area contributed by atoms with Gasteiger partial charge in [-0.1, -0.05) is 20.8 Å². The van der Waals surface area contributed by atoms with Crippen LogP contribution in [0.15, 0.2) is 16.6 Å². The molecule has 1 aromatic heterocycles. The fourth-order valence-corrected chi connectivity index (χ4v) is 2.72. The van der Waals surface area contributed by atoms with Gasteiger partial charge in [0.1, 0.15) is 5.82 Å². The first kappa shape index (κ1) is 15.2. The predicted octanol–water partition coefficient (Wildman–Crippen LogP) is 5.17. The van der Waals surface area contributed by atoms with Crippen molar-refractivity contribution in [3.8, 4) is 0 Å². The molecule has 20 heavy (non-hydrogen) atoms. The van der Waals surface area contributed by atoms with Gasteiger partial charge in [0, 0.05) is 28.7 Å². The second kappa shape index (κ2) is 5.32. The molecule has 0 radical (unpaired) electrons. The largest absolute Gasteiger partial charge is 0.385 e. The van der Waals surface area contributed by atoms with Crippen LogP contribution in [0.1, 0.15) is 39.0 Å². The zero-order chi connectivity index (χ0) is 15.1. The molecule has 1 N–H and O–H groups in total. The molecule has 0 unspecified atom stereocenters. The number of aromatic nitrogens is 1. The number of hydrogen-bond acceptors (Lipinski definition) is 2. The lowest BCUT2D eigenvalue weighted by atomic mass is 9.90. The molecule has 0 bridgehead atoms. The molecule has 0 atom stereocenters. The van der Waals surface area contributed by atoms with Crippen molar-refractivity contribution in [1.29, 1.82) is 0 Å². The quantitative estimate of drug-likeness (QED) is 0.816. The molecule has 0 aliphatic heterocycles. The maximum atomic E-state index is 14.0. The maximum Gasteiger partial charge on any atom is 0.138 e. The van der Waals surface area contributed by atoms with Crippen LogP contribution in [0.2, 0.25) is 0 Å². The Morgan fingerprint density at radius 1 is 1.30 bits per heavy atom. The predicted molar refractivity (Wildman–Crippen MR) is 87.0 cm³/mol. The monoisotopic (exact) mass is 338 g/mol. The Kier molecular flexibility index (Phi) is 4.05. The number of pyridine rings is 1.